The summed E-state index contributed by atoms with van der Waals surface area (Å²) in [6, 6.07) is 6.09. The van der Waals surface area contributed by atoms with Gasteiger partial charge in [0, 0.05) is 27.9 Å². The number of aryl methyl sites for hydroxylation is 1. The molecule has 1 amide bonds. The van der Waals surface area contributed by atoms with E-state index < -0.39 is 5.60 Å². The van der Waals surface area contributed by atoms with E-state index in [1.807, 2.05) is 18.3 Å². The molecular weight excluding hydrogens is 398 g/mol. The van der Waals surface area contributed by atoms with Crippen molar-refractivity contribution in [3.8, 4) is 0 Å². The Morgan fingerprint density at radius 3 is 2.93 bits per heavy atom. The third-order valence-electron chi connectivity index (χ3n) is 6.20. The molecule has 4 heterocycles. The highest BCUT2D eigenvalue weighted by Crippen LogP contribution is 2.41. The maximum absolute atomic E-state index is 12.8. The Bertz CT molecular complexity index is 1320. The van der Waals surface area contributed by atoms with E-state index in [1.54, 1.807) is 29.5 Å². The second-order valence-electron chi connectivity index (χ2n) is 8.69. The van der Waals surface area contributed by atoms with Crippen LogP contribution in [-0.4, -0.2) is 44.6 Å². The number of anilines is 2. The molecule has 2 aliphatic heterocycles. The molecular formula is C22H21N5O2S. The Balaban J connectivity index is 1.29. The lowest BCUT2D eigenvalue weighted by Gasteiger charge is -2.45. The standard InChI is InChI=1S/C22H21N5O2S/c1-22(29)9-27(10-22)21(28)12-2-4-15-17(7-12)30-20-18(15)19(24-11-25-20)26-14-3-5-16-13(6-14)8-23-16/h3,5-6,8,11-12,29H,2,4,7,9-10H2,1H3,(H,24,25,26). The summed E-state index contributed by atoms with van der Waals surface area (Å²) in [5, 5.41) is 16.6. The zero-order valence-electron chi connectivity index (χ0n) is 16.6. The minimum absolute atomic E-state index is 0.0155. The van der Waals surface area contributed by atoms with Gasteiger partial charge in [-0.15, -0.1) is 11.3 Å². The topological polar surface area (TPSA) is 90.7 Å². The SMILES string of the molecule is CC1(O)CN(C(=O)C2CCc3c(sc4ncnc(Nc5ccc6c(c5)=CN=6)c34)C2)C1. The number of nitrogens with zero attached hydrogens (tertiary/aromatic N) is 4. The van der Waals surface area contributed by atoms with Gasteiger partial charge in [-0.05, 0) is 49.9 Å². The number of benzene rings is 1. The second-order valence-corrected chi connectivity index (χ2v) is 9.78. The molecule has 1 aliphatic carbocycles. The van der Waals surface area contributed by atoms with Crippen molar-refractivity contribution in [2.24, 2.45) is 10.9 Å². The van der Waals surface area contributed by atoms with Gasteiger partial charge in [0.2, 0.25) is 5.91 Å². The van der Waals surface area contributed by atoms with Crippen LogP contribution >= 0.6 is 11.3 Å². The molecule has 1 fully saturated rings. The van der Waals surface area contributed by atoms with Crippen molar-refractivity contribution >= 4 is 45.2 Å². The molecule has 0 saturated carbocycles. The summed E-state index contributed by atoms with van der Waals surface area (Å²) < 4.78 is 0. The van der Waals surface area contributed by atoms with E-state index in [0.717, 1.165) is 51.6 Å². The smallest absolute Gasteiger partial charge is 0.226 e. The van der Waals surface area contributed by atoms with Gasteiger partial charge < -0.3 is 15.3 Å². The molecule has 30 heavy (non-hydrogen) atoms. The summed E-state index contributed by atoms with van der Waals surface area (Å²) in [7, 11) is 0. The fraction of sp³-hybridized carbons (Fsp3) is 0.364. The summed E-state index contributed by atoms with van der Waals surface area (Å²) in [4.78, 5) is 30.0. The first-order valence-electron chi connectivity index (χ1n) is 10.2. The van der Waals surface area contributed by atoms with Crippen molar-refractivity contribution in [3.05, 3.63) is 45.5 Å². The molecule has 152 valence electrons. The summed E-state index contributed by atoms with van der Waals surface area (Å²) >= 11 is 1.67. The Hall–Kier alpha value is -2.84. The Kier molecular flexibility index (Phi) is 3.79. The van der Waals surface area contributed by atoms with Crippen LogP contribution in [0.2, 0.25) is 0 Å². The number of rotatable bonds is 3. The highest BCUT2D eigenvalue weighted by molar-refractivity contribution is 7.19. The number of fused-ring (bicyclic) bond motifs is 4. The molecule has 0 spiro atoms. The molecule has 0 radical (unpaired) electrons. The minimum Gasteiger partial charge on any atom is -0.386 e. The van der Waals surface area contributed by atoms with Crippen LogP contribution in [0.15, 0.2) is 29.5 Å². The maximum atomic E-state index is 12.8. The summed E-state index contributed by atoms with van der Waals surface area (Å²) in [5.41, 5.74) is 1.52. The molecule has 1 unspecified atom stereocenters. The largest absolute Gasteiger partial charge is 0.386 e. The molecule has 0 bridgehead atoms. The zero-order chi connectivity index (χ0) is 20.5. The van der Waals surface area contributed by atoms with E-state index >= 15 is 0 Å². The highest BCUT2D eigenvalue weighted by Gasteiger charge is 2.42. The molecule has 2 N–H and O–H groups in total. The number of nitrogens with one attached hydrogen (secondary N) is 1. The van der Waals surface area contributed by atoms with Crippen LogP contribution in [0.3, 0.4) is 0 Å². The Labute approximate surface area is 176 Å². The number of hydrogen-bond donors (Lipinski definition) is 2. The number of aliphatic hydroxyl groups is 1. The molecule has 8 heteroatoms. The first-order chi connectivity index (χ1) is 14.5. The van der Waals surface area contributed by atoms with E-state index in [1.165, 1.54) is 10.4 Å². The Morgan fingerprint density at radius 1 is 1.33 bits per heavy atom. The fourth-order valence-electron chi connectivity index (χ4n) is 4.67. The number of likely N-dealkylation sites (tertiary alicyclic amines) is 1. The maximum Gasteiger partial charge on any atom is 0.226 e. The molecule has 3 aliphatic rings. The number of amides is 1. The zero-order valence-corrected chi connectivity index (χ0v) is 17.4. The summed E-state index contributed by atoms with van der Waals surface area (Å²) in [5.74, 6) is 0.966. The van der Waals surface area contributed by atoms with Crippen molar-refractivity contribution < 1.29 is 9.90 Å². The Morgan fingerprint density at radius 2 is 2.20 bits per heavy atom. The molecule has 2 aromatic heterocycles. The van der Waals surface area contributed by atoms with Crippen LogP contribution in [0, 0.1) is 5.92 Å². The number of carbonyl (C=O) groups is 1. The lowest BCUT2D eigenvalue weighted by atomic mass is 9.85. The quantitative estimate of drug-likeness (QED) is 0.672. The summed E-state index contributed by atoms with van der Waals surface area (Å²) in [6.07, 6.45) is 5.86. The van der Waals surface area contributed by atoms with Crippen LogP contribution in [0.1, 0.15) is 23.8 Å². The number of carbonyl (C=O) groups excluding carboxylic acids is 1. The number of hydrogen-bond acceptors (Lipinski definition) is 7. The molecule has 1 atom stereocenters. The number of β-amino-alcohol motifs (C(OH)–C–C–N with tert-alkyl or cyclic N) is 1. The average Bonchev–Trinajstić information content (AvgIpc) is 3.06. The van der Waals surface area contributed by atoms with Gasteiger partial charge in [0.15, 0.2) is 0 Å². The van der Waals surface area contributed by atoms with Gasteiger partial charge in [0.1, 0.15) is 17.0 Å². The van der Waals surface area contributed by atoms with E-state index in [0.29, 0.717) is 13.1 Å². The molecule has 3 aromatic rings. The van der Waals surface area contributed by atoms with Crippen LogP contribution in [0.5, 0.6) is 0 Å². The lowest BCUT2D eigenvalue weighted by Crippen LogP contribution is -2.63. The molecule has 6 rings (SSSR count). The molecule has 1 aromatic carbocycles. The first kappa shape index (κ1) is 18.0. The van der Waals surface area contributed by atoms with Gasteiger partial charge in [-0.1, -0.05) is 0 Å². The third-order valence-corrected chi connectivity index (χ3v) is 7.36. The van der Waals surface area contributed by atoms with Crippen molar-refractivity contribution in [1.82, 2.24) is 14.9 Å². The van der Waals surface area contributed by atoms with Gasteiger partial charge in [0.25, 0.3) is 0 Å². The van der Waals surface area contributed by atoms with Crippen molar-refractivity contribution in [3.63, 3.8) is 0 Å². The van der Waals surface area contributed by atoms with Crippen LogP contribution in [-0.2, 0) is 17.6 Å². The van der Waals surface area contributed by atoms with Crippen molar-refractivity contribution in [1.29, 1.82) is 0 Å². The van der Waals surface area contributed by atoms with Gasteiger partial charge in [-0.25, -0.2) is 9.97 Å². The monoisotopic (exact) mass is 419 g/mol. The molecule has 1 saturated heterocycles. The first-order valence-corrected chi connectivity index (χ1v) is 11.0. The predicted molar refractivity (Wildman–Crippen MR) is 115 cm³/mol. The lowest BCUT2D eigenvalue weighted by molar-refractivity contribution is -0.156. The number of aromatic nitrogens is 2. The van der Waals surface area contributed by atoms with Gasteiger partial charge in [-0.2, -0.15) is 0 Å². The minimum atomic E-state index is -0.729. The summed E-state index contributed by atoms with van der Waals surface area (Å²) in [6.45, 7) is 2.65. The van der Waals surface area contributed by atoms with E-state index in [9.17, 15) is 9.90 Å². The predicted octanol–water partition coefficient (Wildman–Crippen LogP) is 1.50. The van der Waals surface area contributed by atoms with Crippen LogP contribution < -0.4 is 15.9 Å². The van der Waals surface area contributed by atoms with E-state index in [-0.39, 0.29) is 11.8 Å². The van der Waals surface area contributed by atoms with Crippen LogP contribution in [0.25, 0.3) is 16.4 Å². The average molecular weight is 420 g/mol. The van der Waals surface area contributed by atoms with Gasteiger partial charge >= 0.3 is 0 Å². The highest BCUT2D eigenvalue weighted by atomic mass is 32.1. The normalized spacial score (nSPS) is 20.9. The van der Waals surface area contributed by atoms with E-state index in [2.05, 4.69) is 26.3 Å². The van der Waals surface area contributed by atoms with Crippen LogP contribution in [0.4, 0.5) is 11.5 Å². The second kappa shape index (κ2) is 6.33. The van der Waals surface area contributed by atoms with E-state index in [4.69, 9.17) is 0 Å². The fourth-order valence-corrected chi connectivity index (χ4v) is 5.94. The van der Waals surface area contributed by atoms with Gasteiger partial charge in [-0.3, -0.25) is 9.79 Å². The van der Waals surface area contributed by atoms with Crippen molar-refractivity contribution in [2.75, 3.05) is 18.4 Å². The van der Waals surface area contributed by atoms with Gasteiger partial charge in [0.05, 0.1) is 29.4 Å². The van der Waals surface area contributed by atoms with Crippen molar-refractivity contribution in [2.45, 2.75) is 31.8 Å². The third kappa shape index (κ3) is 2.82. The number of thiophene rings is 1. The molecule has 7 nitrogen and oxygen atoms in total.